The molecule has 0 atom stereocenters. The summed E-state index contributed by atoms with van der Waals surface area (Å²) in [6.45, 7) is 4.61. The number of carbonyl (C=O) groups excluding carboxylic acids is 2. The Morgan fingerprint density at radius 1 is 1.08 bits per heavy atom. The lowest BCUT2D eigenvalue weighted by atomic mass is 10.1. The second-order valence-corrected chi connectivity index (χ2v) is 5.79. The van der Waals surface area contributed by atoms with E-state index in [1.54, 1.807) is 41.3 Å². The maximum atomic E-state index is 12.8. The van der Waals surface area contributed by atoms with Gasteiger partial charge in [-0.3, -0.25) is 9.59 Å². The van der Waals surface area contributed by atoms with Crippen LogP contribution >= 0.6 is 0 Å². The topological polar surface area (TPSA) is 73.2 Å². The van der Waals surface area contributed by atoms with Crippen molar-refractivity contribution >= 4 is 17.5 Å². The third-order valence-corrected chi connectivity index (χ3v) is 3.69. The van der Waals surface area contributed by atoms with Crippen molar-refractivity contribution in [1.82, 2.24) is 4.90 Å². The number of benzene rings is 2. The molecule has 5 heteroatoms. The van der Waals surface area contributed by atoms with Gasteiger partial charge in [0.2, 0.25) is 5.91 Å². The zero-order valence-corrected chi connectivity index (χ0v) is 14.5. The monoisotopic (exact) mass is 335 g/mol. The fourth-order valence-electron chi connectivity index (χ4n) is 2.51. The number of hydrogen-bond donors (Lipinski definition) is 1. The predicted molar refractivity (Wildman–Crippen MR) is 96.9 cm³/mol. The molecule has 0 saturated heterocycles. The summed E-state index contributed by atoms with van der Waals surface area (Å²) >= 11 is 0. The molecule has 128 valence electrons. The maximum Gasteiger partial charge on any atom is 0.254 e. The zero-order valence-electron chi connectivity index (χ0n) is 14.5. The van der Waals surface area contributed by atoms with Crippen LogP contribution in [0.15, 0.2) is 48.5 Å². The number of rotatable bonds is 6. The van der Waals surface area contributed by atoms with Crippen molar-refractivity contribution in [3.63, 3.8) is 0 Å². The second kappa shape index (κ2) is 8.65. The summed E-state index contributed by atoms with van der Waals surface area (Å²) in [6.07, 6.45) is 0.853. The SMILES string of the molecule is CCCN(Cc1ccc(C#N)cc1)C(=O)c1ccc(NC(C)=O)cc1. The molecule has 0 unspecified atom stereocenters. The molecule has 2 rings (SSSR count). The number of carbonyl (C=O) groups is 2. The van der Waals surface area contributed by atoms with Gasteiger partial charge in [-0.1, -0.05) is 19.1 Å². The Bertz CT molecular complexity index is 774. The van der Waals surface area contributed by atoms with Crippen LogP contribution < -0.4 is 5.32 Å². The molecule has 0 aromatic heterocycles. The van der Waals surface area contributed by atoms with Crippen molar-refractivity contribution in [2.45, 2.75) is 26.8 Å². The lowest BCUT2D eigenvalue weighted by Gasteiger charge is -2.22. The van der Waals surface area contributed by atoms with E-state index in [0.717, 1.165) is 12.0 Å². The van der Waals surface area contributed by atoms with Crippen LogP contribution in [0.2, 0.25) is 0 Å². The van der Waals surface area contributed by atoms with Crippen LogP contribution in [-0.4, -0.2) is 23.3 Å². The molecule has 2 aromatic rings. The van der Waals surface area contributed by atoms with E-state index in [1.165, 1.54) is 6.92 Å². The molecule has 0 radical (unpaired) electrons. The molecule has 0 aliphatic heterocycles. The minimum Gasteiger partial charge on any atom is -0.334 e. The van der Waals surface area contributed by atoms with E-state index < -0.39 is 0 Å². The van der Waals surface area contributed by atoms with E-state index in [9.17, 15) is 9.59 Å². The summed E-state index contributed by atoms with van der Waals surface area (Å²) in [6, 6.07) is 16.2. The van der Waals surface area contributed by atoms with Crippen molar-refractivity contribution in [2.24, 2.45) is 0 Å². The lowest BCUT2D eigenvalue weighted by Crippen LogP contribution is -2.31. The van der Waals surface area contributed by atoms with E-state index >= 15 is 0 Å². The highest BCUT2D eigenvalue weighted by Gasteiger charge is 2.15. The fraction of sp³-hybridized carbons (Fsp3) is 0.250. The predicted octanol–water partition coefficient (Wildman–Crippen LogP) is 3.57. The second-order valence-electron chi connectivity index (χ2n) is 5.79. The standard InChI is InChI=1S/C20H21N3O2/c1-3-12-23(14-17-6-4-16(13-21)5-7-17)20(25)18-8-10-19(11-9-18)22-15(2)24/h4-11H,3,12,14H2,1-2H3,(H,22,24). The summed E-state index contributed by atoms with van der Waals surface area (Å²) in [4.78, 5) is 25.6. The van der Waals surface area contributed by atoms with Gasteiger partial charge in [-0.15, -0.1) is 0 Å². The van der Waals surface area contributed by atoms with Gasteiger partial charge < -0.3 is 10.2 Å². The van der Waals surface area contributed by atoms with E-state index in [2.05, 4.69) is 11.4 Å². The van der Waals surface area contributed by atoms with Gasteiger partial charge in [-0.25, -0.2) is 0 Å². The van der Waals surface area contributed by atoms with E-state index in [1.807, 2.05) is 19.1 Å². The summed E-state index contributed by atoms with van der Waals surface area (Å²) in [7, 11) is 0. The molecular formula is C20H21N3O2. The first kappa shape index (κ1) is 18.2. The van der Waals surface area contributed by atoms with Crippen molar-refractivity contribution in [3.05, 3.63) is 65.2 Å². The van der Waals surface area contributed by atoms with Gasteiger partial charge in [0.15, 0.2) is 0 Å². The lowest BCUT2D eigenvalue weighted by molar-refractivity contribution is -0.114. The molecule has 0 spiro atoms. The largest absolute Gasteiger partial charge is 0.334 e. The molecule has 0 heterocycles. The first-order valence-corrected chi connectivity index (χ1v) is 8.19. The molecular weight excluding hydrogens is 314 g/mol. The molecule has 0 aliphatic rings. The Balaban J connectivity index is 2.13. The van der Waals surface area contributed by atoms with Crippen molar-refractivity contribution in [3.8, 4) is 6.07 Å². The van der Waals surface area contributed by atoms with Gasteiger partial charge in [0, 0.05) is 31.3 Å². The average molecular weight is 335 g/mol. The molecule has 0 bridgehead atoms. The Kier molecular flexibility index (Phi) is 6.30. The number of nitrogens with one attached hydrogen (secondary N) is 1. The quantitative estimate of drug-likeness (QED) is 0.877. The van der Waals surface area contributed by atoms with Gasteiger partial charge in [-0.2, -0.15) is 5.26 Å². The van der Waals surface area contributed by atoms with Crippen LogP contribution in [0.3, 0.4) is 0 Å². The highest BCUT2D eigenvalue weighted by molar-refractivity contribution is 5.95. The van der Waals surface area contributed by atoms with Gasteiger partial charge in [0.25, 0.3) is 5.91 Å². The number of anilines is 1. The van der Waals surface area contributed by atoms with Crippen molar-refractivity contribution in [2.75, 3.05) is 11.9 Å². The summed E-state index contributed by atoms with van der Waals surface area (Å²) < 4.78 is 0. The summed E-state index contributed by atoms with van der Waals surface area (Å²) in [5.41, 5.74) is 2.83. The molecule has 5 nitrogen and oxygen atoms in total. The van der Waals surface area contributed by atoms with Crippen molar-refractivity contribution < 1.29 is 9.59 Å². The van der Waals surface area contributed by atoms with Gasteiger partial charge in [-0.05, 0) is 48.4 Å². The number of nitriles is 1. The Morgan fingerprint density at radius 2 is 1.72 bits per heavy atom. The van der Waals surface area contributed by atoms with Crippen LogP contribution in [0.1, 0.15) is 41.8 Å². The van der Waals surface area contributed by atoms with Gasteiger partial charge in [0.05, 0.1) is 11.6 Å². The molecule has 2 amide bonds. The van der Waals surface area contributed by atoms with Crippen LogP contribution in [0.25, 0.3) is 0 Å². The van der Waals surface area contributed by atoms with Crippen molar-refractivity contribution in [1.29, 1.82) is 5.26 Å². The molecule has 25 heavy (non-hydrogen) atoms. The molecule has 2 aromatic carbocycles. The van der Waals surface area contributed by atoms with Gasteiger partial charge >= 0.3 is 0 Å². The Labute approximate surface area is 147 Å². The normalized spacial score (nSPS) is 9.96. The Hall–Kier alpha value is -3.13. The number of nitrogens with zero attached hydrogens (tertiary/aromatic N) is 2. The van der Waals surface area contributed by atoms with Crippen LogP contribution in [0.4, 0.5) is 5.69 Å². The molecule has 0 fully saturated rings. The minimum absolute atomic E-state index is 0.0550. The van der Waals surface area contributed by atoms with Crippen LogP contribution in [-0.2, 0) is 11.3 Å². The van der Waals surface area contributed by atoms with Crippen LogP contribution in [0, 0.1) is 11.3 Å². The van der Waals surface area contributed by atoms with E-state index in [4.69, 9.17) is 5.26 Å². The zero-order chi connectivity index (χ0) is 18.2. The first-order valence-electron chi connectivity index (χ1n) is 8.19. The smallest absolute Gasteiger partial charge is 0.254 e. The highest BCUT2D eigenvalue weighted by Crippen LogP contribution is 2.15. The molecule has 0 aliphatic carbocycles. The molecule has 0 saturated carbocycles. The Morgan fingerprint density at radius 3 is 2.24 bits per heavy atom. The summed E-state index contributed by atoms with van der Waals surface area (Å²) in [5, 5.41) is 11.6. The van der Waals surface area contributed by atoms with Crippen LogP contribution in [0.5, 0.6) is 0 Å². The fourth-order valence-corrected chi connectivity index (χ4v) is 2.51. The molecule has 1 N–H and O–H groups in total. The average Bonchev–Trinajstić information content (AvgIpc) is 2.61. The van der Waals surface area contributed by atoms with Gasteiger partial charge in [0.1, 0.15) is 0 Å². The third-order valence-electron chi connectivity index (χ3n) is 3.69. The third kappa shape index (κ3) is 5.18. The first-order chi connectivity index (χ1) is 12.0. The number of hydrogen-bond acceptors (Lipinski definition) is 3. The highest BCUT2D eigenvalue weighted by atomic mass is 16.2. The summed E-state index contributed by atoms with van der Waals surface area (Å²) in [5.74, 6) is -0.201. The van der Waals surface area contributed by atoms with E-state index in [0.29, 0.717) is 29.9 Å². The number of amides is 2. The van der Waals surface area contributed by atoms with E-state index in [-0.39, 0.29) is 11.8 Å². The minimum atomic E-state index is -0.146. The maximum absolute atomic E-state index is 12.8.